The molecular formula is C20H23N5O4S. The van der Waals surface area contributed by atoms with Gasteiger partial charge in [0.1, 0.15) is 11.1 Å². The third-order valence-electron chi connectivity index (χ3n) is 4.37. The Morgan fingerprint density at radius 3 is 2.67 bits per heavy atom. The molecule has 0 aliphatic rings. The smallest absolute Gasteiger partial charge is 0.325 e. The molecule has 0 saturated heterocycles. The maximum Gasteiger partial charge on any atom is 0.325 e. The Balaban J connectivity index is 2.07. The van der Waals surface area contributed by atoms with Crippen LogP contribution in [0.2, 0.25) is 0 Å². The first-order valence-corrected chi connectivity index (χ1v) is 10.3. The molecule has 3 rings (SSSR count). The zero-order valence-electron chi connectivity index (χ0n) is 17.2. The molecule has 2 N–H and O–H groups in total. The highest BCUT2D eigenvalue weighted by Crippen LogP contribution is 2.29. The second-order valence-electron chi connectivity index (χ2n) is 6.83. The van der Waals surface area contributed by atoms with Crippen molar-refractivity contribution >= 4 is 17.7 Å². The van der Waals surface area contributed by atoms with Gasteiger partial charge in [-0.2, -0.15) is 0 Å². The fourth-order valence-electron chi connectivity index (χ4n) is 2.94. The molecule has 2 heterocycles. The Kier molecular flexibility index (Phi) is 6.56. The van der Waals surface area contributed by atoms with Crippen LogP contribution in [0, 0.1) is 13.8 Å². The molecule has 1 aromatic carbocycles. The molecule has 0 fully saturated rings. The molecule has 0 spiro atoms. The molecule has 2 aromatic heterocycles. The number of rotatable bonds is 7. The van der Waals surface area contributed by atoms with Crippen LogP contribution in [0.3, 0.4) is 0 Å². The molecule has 0 aliphatic carbocycles. The lowest BCUT2D eigenvalue weighted by atomic mass is 10.1. The summed E-state index contributed by atoms with van der Waals surface area (Å²) in [6.45, 7) is 7.76. The van der Waals surface area contributed by atoms with E-state index >= 15 is 0 Å². The third-order valence-corrected chi connectivity index (χ3v) is 5.39. The van der Waals surface area contributed by atoms with Crippen LogP contribution in [0.25, 0.3) is 5.69 Å². The summed E-state index contributed by atoms with van der Waals surface area (Å²) < 4.78 is 6.95. The number of hydrogen-bond donors (Lipinski definition) is 2. The summed E-state index contributed by atoms with van der Waals surface area (Å²) >= 11 is 1.24. The van der Waals surface area contributed by atoms with Crippen molar-refractivity contribution in [2.75, 3.05) is 6.61 Å². The van der Waals surface area contributed by atoms with E-state index in [9.17, 15) is 14.4 Å². The zero-order chi connectivity index (χ0) is 21.8. The number of aromatic nitrogens is 5. The number of nitrogens with one attached hydrogen (secondary N) is 2. The van der Waals surface area contributed by atoms with Crippen LogP contribution < -0.4 is 11.2 Å². The summed E-state index contributed by atoms with van der Waals surface area (Å²) in [7, 11) is 0. The van der Waals surface area contributed by atoms with Gasteiger partial charge in [0, 0.05) is 18.2 Å². The van der Waals surface area contributed by atoms with Crippen molar-refractivity contribution in [3.05, 3.63) is 67.7 Å². The maximum absolute atomic E-state index is 12.1. The van der Waals surface area contributed by atoms with Crippen LogP contribution in [-0.4, -0.2) is 42.6 Å². The minimum absolute atomic E-state index is 0.188. The summed E-state index contributed by atoms with van der Waals surface area (Å²) in [6, 6.07) is 7.32. The van der Waals surface area contributed by atoms with Crippen LogP contribution in [0.1, 0.15) is 36.5 Å². The van der Waals surface area contributed by atoms with Crippen molar-refractivity contribution in [2.45, 2.75) is 44.5 Å². The lowest BCUT2D eigenvalue weighted by Crippen LogP contribution is -2.23. The highest BCUT2D eigenvalue weighted by atomic mass is 32.2. The molecule has 0 bridgehead atoms. The van der Waals surface area contributed by atoms with E-state index in [4.69, 9.17) is 4.74 Å². The van der Waals surface area contributed by atoms with E-state index in [1.165, 1.54) is 17.8 Å². The number of carbonyl (C=O) groups excluding carboxylic acids is 1. The van der Waals surface area contributed by atoms with E-state index < -0.39 is 16.5 Å². The second-order valence-corrected chi connectivity index (χ2v) is 8.13. The molecule has 0 unspecified atom stereocenters. The van der Waals surface area contributed by atoms with Gasteiger partial charge in [0.2, 0.25) is 0 Å². The van der Waals surface area contributed by atoms with Gasteiger partial charge in [-0.15, -0.1) is 10.2 Å². The molecule has 10 heteroatoms. The number of esters is 1. The van der Waals surface area contributed by atoms with Crippen molar-refractivity contribution in [1.29, 1.82) is 0 Å². The number of thioether (sulfide) groups is 1. The minimum Gasteiger partial charge on any atom is -0.465 e. The standard InChI is InChI=1S/C20H23N5O4S/c1-5-29-18(27)13(4)30-20-24-23-16(9-14-10-17(26)22-19(28)21-14)25(20)15-8-11(2)6-7-12(15)3/h6-8,10,13H,5,9H2,1-4H3,(H2,21,22,26,28)/t13-/m0/s1. The summed E-state index contributed by atoms with van der Waals surface area (Å²) in [5, 5.41) is 8.60. The first kappa shape index (κ1) is 21.6. The van der Waals surface area contributed by atoms with Crippen molar-refractivity contribution in [2.24, 2.45) is 0 Å². The first-order valence-electron chi connectivity index (χ1n) is 9.46. The number of H-pyrrole nitrogens is 2. The van der Waals surface area contributed by atoms with Gasteiger partial charge in [0.05, 0.1) is 12.3 Å². The van der Waals surface area contributed by atoms with Crippen molar-refractivity contribution in [3.8, 4) is 5.69 Å². The molecule has 1 atom stereocenters. The van der Waals surface area contributed by atoms with E-state index in [0.717, 1.165) is 16.8 Å². The average molecular weight is 430 g/mol. The third kappa shape index (κ3) is 4.88. The van der Waals surface area contributed by atoms with Gasteiger partial charge >= 0.3 is 11.7 Å². The van der Waals surface area contributed by atoms with Crippen molar-refractivity contribution in [1.82, 2.24) is 24.7 Å². The van der Waals surface area contributed by atoms with Gasteiger partial charge in [-0.05, 0) is 44.9 Å². The molecule has 0 aliphatic heterocycles. The predicted octanol–water partition coefficient (Wildman–Crippen LogP) is 1.90. The minimum atomic E-state index is -0.583. The number of carbonyl (C=O) groups is 1. The lowest BCUT2D eigenvalue weighted by Gasteiger charge is -2.15. The van der Waals surface area contributed by atoms with Crippen LogP contribution in [0.15, 0.2) is 39.0 Å². The lowest BCUT2D eigenvalue weighted by molar-refractivity contribution is -0.142. The Labute approximate surface area is 176 Å². The van der Waals surface area contributed by atoms with Crippen LogP contribution >= 0.6 is 11.8 Å². The molecule has 30 heavy (non-hydrogen) atoms. The quantitative estimate of drug-likeness (QED) is 0.434. The van der Waals surface area contributed by atoms with E-state index in [0.29, 0.717) is 23.3 Å². The van der Waals surface area contributed by atoms with Gasteiger partial charge in [0.25, 0.3) is 5.56 Å². The van der Waals surface area contributed by atoms with E-state index in [1.807, 2.05) is 36.6 Å². The fourth-order valence-corrected chi connectivity index (χ4v) is 3.82. The van der Waals surface area contributed by atoms with Gasteiger partial charge in [0.15, 0.2) is 5.16 Å². The van der Waals surface area contributed by atoms with Crippen LogP contribution in [-0.2, 0) is 16.0 Å². The normalized spacial score (nSPS) is 12.0. The highest BCUT2D eigenvalue weighted by molar-refractivity contribution is 8.00. The maximum atomic E-state index is 12.1. The molecule has 158 valence electrons. The van der Waals surface area contributed by atoms with Gasteiger partial charge in [-0.25, -0.2) is 4.79 Å². The van der Waals surface area contributed by atoms with Crippen LogP contribution in [0.5, 0.6) is 0 Å². The van der Waals surface area contributed by atoms with Crippen LogP contribution in [0.4, 0.5) is 0 Å². The zero-order valence-corrected chi connectivity index (χ0v) is 18.0. The van der Waals surface area contributed by atoms with Gasteiger partial charge in [-0.3, -0.25) is 19.1 Å². The summed E-state index contributed by atoms with van der Waals surface area (Å²) in [5.41, 5.74) is 2.25. The SMILES string of the molecule is CCOC(=O)[C@H](C)Sc1nnc(Cc2cc(=O)[nH]c(=O)[nH]2)n1-c1cc(C)ccc1C. The summed E-state index contributed by atoms with van der Waals surface area (Å²) in [5.74, 6) is 0.196. The summed E-state index contributed by atoms with van der Waals surface area (Å²) in [6.07, 6.45) is 0.188. The molecular weight excluding hydrogens is 406 g/mol. The van der Waals surface area contributed by atoms with Crippen molar-refractivity contribution in [3.63, 3.8) is 0 Å². The topological polar surface area (TPSA) is 123 Å². The largest absolute Gasteiger partial charge is 0.465 e. The molecule has 0 radical (unpaired) electrons. The Hall–Kier alpha value is -3.14. The van der Waals surface area contributed by atoms with E-state index in [2.05, 4.69) is 20.2 Å². The number of hydrogen-bond acceptors (Lipinski definition) is 7. The van der Waals surface area contributed by atoms with Crippen molar-refractivity contribution < 1.29 is 9.53 Å². The first-order chi connectivity index (χ1) is 14.3. The number of aromatic amines is 2. The molecule has 0 amide bonds. The molecule has 3 aromatic rings. The van der Waals surface area contributed by atoms with E-state index in [-0.39, 0.29) is 12.4 Å². The summed E-state index contributed by atoms with van der Waals surface area (Å²) in [4.78, 5) is 40.2. The van der Waals surface area contributed by atoms with E-state index in [1.54, 1.807) is 13.8 Å². The Morgan fingerprint density at radius 2 is 1.97 bits per heavy atom. The predicted molar refractivity (Wildman–Crippen MR) is 113 cm³/mol. The van der Waals surface area contributed by atoms with Gasteiger partial charge < -0.3 is 9.72 Å². The Bertz CT molecular complexity index is 1150. The Morgan fingerprint density at radius 1 is 1.20 bits per heavy atom. The van der Waals surface area contributed by atoms with Gasteiger partial charge in [-0.1, -0.05) is 23.9 Å². The number of nitrogens with zero attached hydrogens (tertiary/aromatic N) is 3. The number of aryl methyl sites for hydroxylation is 2. The highest BCUT2D eigenvalue weighted by Gasteiger charge is 2.23. The molecule has 0 saturated carbocycles. The second kappa shape index (κ2) is 9.12. The monoisotopic (exact) mass is 429 g/mol. The number of benzene rings is 1. The average Bonchev–Trinajstić information content (AvgIpc) is 3.05. The fraction of sp³-hybridized carbons (Fsp3) is 0.350. The number of ether oxygens (including phenoxy) is 1. The molecule has 9 nitrogen and oxygen atoms in total.